The summed E-state index contributed by atoms with van der Waals surface area (Å²) in [5.41, 5.74) is 0.791. The van der Waals surface area contributed by atoms with Crippen LogP contribution in [0.2, 0.25) is 0 Å². The zero-order chi connectivity index (χ0) is 13.8. The molecule has 0 aromatic heterocycles. The van der Waals surface area contributed by atoms with Gasteiger partial charge in [-0.05, 0) is 39.1 Å². The van der Waals surface area contributed by atoms with Gasteiger partial charge in [0, 0.05) is 29.2 Å². The van der Waals surface area contributed by atoms with Crippen LogP contribution in [0.3, 0.4) is 0 Å². The normalized spacial score (nSPS) is 22.2. The van der Waals surface area contributed by atoms with E-state index >= 15 is 0 Å². The number of benzene rings is 1. The topological polar surface area (TPSA) is 23.6 Å². The van der Waals surface area contributed by atoms with E-state index in [-0.39, 0.29) is 5.78 Å². The summed E-state index contributed by atoms with van der Waals surface area (Å²) < 4.78 is 0.960. The molecule has 0 spiro atoms. The molecule has 1 aliphatic rings. The van der Waals surface area contributed by atoms with Crippen molar-refractivity contribution in [2.24, 2.45) is 0 Å². The summed E-state index contributed by atoms with van der Waals surface area (Å²) in [5, 5.41) is 0. The number of carbonyl (C=O) groups is 1. The number of hydrogen-bond donors (Lipinski definition) is 0. The molecule has 1 atom stereocenters. The Morgan fingerprint density at radius 2 is 2.21 bits per heavy atom. The zero-order valence-electron chi connectivity index (χ0n) is 11.6. The highest BCUT2D eigenvalue weighted by Crippen LogP contribution is 2.14. The average Bonchev–Trinajstić information content (AvgIpc) is 2.51. The second kappa shape index (κ2) is 6.64. The van der Waals surface area contributed by atoms with E-state index in [1.54, 1.807) is 0 Å². The van der Waals surface area contributed by atoms with Gasteiger partial charge in [0.2, 0.25) is 0 Å². The number of carbonyl (C=O) groups excluding carboxylic acids is 1. The highest BCUT2D eigenvalue weighted by atomic mass is 79.9. The number of Topliss-reactive ketones (excluding diaryl/α,β-unsaturated/α-hetero) is 1. The smallest absolute Gasteiger partial charge is 0.176 e. The second-order valence-corrected chi connectivity index (χ2v) is 6.28. The van der Waals surface area contributed by atoms with Crippen molar-refractivity contribution in [2.75, 3.05) is 33.2 Å². The molecule has 19 heavy (non-hydrogen) atoms. The van der Waals surface area contributed by atoms with Gasteiger partial charge in [0.15, 0.2) is 5.78 Å². The fourth-order valence-electron chi connectivity index (χ4n) is 2.59. The lowest BCUT2D eigenvalue weighted by molar-refractivity contribution is 0.0900. The molecule has 0 bridgehead atoms. The molecule has 0 aliphatic carbocycles. The van der Waals surface area contributed by atoms with Crippen molar-refractivity contribution in [3.05, 3.63) is 34.3 Å². The zero-order valence-corrected chi connectivity index (χ0v) is 13.2. The molecule has 0 N–H and O–H groups in total. The predicted molar refractivity (Wildman–Crippen MR) is 81.6 cm³/mol. The summed E-state index contributed by atoms with van der Waals surface area (Å²) in [6, 6.07) is 8.08. The maximum Gasteiger partial charge on any atom is 0.176 e. The lowest BCUT2D eigenvalue weighted by Gasteiger charge is -2.27. The fraction of sp³-hybridized carbons (Fsp3) is 0.533. The van der Waals surface area contributed by atoms with Crippen LogP contribution in [0.1, 0.15) is 23.7 Å². The van der Waals surface area contributed by atoms with Crippen LogP contribution in [0, 0.1) is 0 Å². The average molecular weight is 325 g/mol. The van der Waals surface area contributed by atoms with Crippen molar-refractivity contribution in [2.45, 2.75) is 19.4 Å². The molecular weight excluding hydrogens is 304 g/mol. The standard InChI is InChI=1S/C15H21BrN2O/c1-12-10-17(2)7-4-8-18(12)11-15(19)13-5-3-6-14(16)9-13/h3,5-6,9,12H,4,7-8,10-11H2,1-2H3. The van der Waals surface area contributed by atoms with Gasteiger partial charge in [-0.25, -0.2) is 0 Å². The highest BCUT2D eigenvalue weighted by molar-refractivity contribution is 9.10. The van der Waals surface area contributed by atoms with Gasteiger partial charge in [-0.2, -0.15) is 0 Å². The van der Waals surface area contributed by atoms with Gasteiger partial charge < -0.3 is 4.90 Å². The molecule has 104 valence electrons. The third-order valence-electron chi connectivity index (χ3n) is 3.68. The Balaban J connectivity index is 2.01. The summed E-state index contributed by atoms with van der Waals surface area (Å²) in [7, 11) is 2.15. The Morgan fingerprint density at radius 1 is 1.42 bits per heavy atom. The van der Waals surface area contributed by atoms with Crippen LogP contribution in [-0.2, 0) is 0 Å². The first-order valence-electron chi connectivity index (χ1n) is 6.77. The molecule has 1 unspecified atom stereocenters. The molecule has 3 nitrogen and oxygen atoms in total. The van der Waals surface area contributed by atoms with Crippen LogP contribution in [0.4, 0.5) is 0 Å². The molecule has 4 heteroatoms. The van der Waals surface area contributed by atoms with Crippen LogP contribution >= 0.6 is 15.9 Å². The van der Waals surface area contributed by atoms with Crippen LogP contribution < -0.4 is 0 Å². The van der Waals surface area contributed by atoms with Gasteiger partial charge in [-0.15, -0.1) is 0 Å². The van der Waals surface area contributed by atoms with Crippen LogP contribution in [0.25, 0.3) is 0 Å². The number of hydrogen-bond acceptors (Lipinski definition) is 3. The Bertz CT molecular complexity index is 450. The molecule has 1 aromatic rings. The second-order valence-electron chi connectivity index (χ2n) is 5.37. The SMILES string of the molecule is CC1CN(C)CCCN1CC(=O)c1cccc(Br)c1. The van der Waals surface area contributed by atoms with Gasteiger partial charge in [-0.3, -0.25) is 9.69 Å². The maximum atomic E-state index is 12.3. The molecule has 2 rings (SSSR count). The summed E-state index contributed by atoms with van der Waals surface area (Å²) in [6.45, 7) is 5.88. The number of rotatable bonds is 3. The van der Waals surface area contributed by atoms with E-state index in [0.29, 0.717) is 12.6 Å². The van der Waals surface area contributed by atoms with E-state index < -0.39 is 0 Å². The number of halogens is 1. The minimum atomic E-state index is 0.206. The minimum absolute atomic E-state index is 0.206. The van der Waals surface area contributed by atoms with Crippen LogP contribution in [0.15, 0.2) is 28.7 Å². The monoisotopic (exact) mass is 324 g/mol. The third kappa shape index (κ3) is 4.13. The van der Waals surface area contributed by atoms with Crippen molar-refractivity contribution in [1.82, 2.24) is 9.80 Å². The quantitative estimate of drug-likeness (QED) is 0.799. The number of nitrogens with zero attached hydrogens (tertiary/aromatic N) is 2. The van der Waals surface area contributed by atoms with Gasteiger partial charge in [0.05, 0.1) is 6.54 Å². The summed E-state index contributed by atoms with van der Waals surface area (Å²) in [4.78, 5) is 17.0. The van der Waals surface area contributed by atoms with Crippen molar-refractivity contribution < 1.29 is 4.79 Å². The fourth-order valence-corrected chi connectivity index (χ4v) is 2.99. The first-order chi connectivity index (χ1) is 9.06. The third-order valence-corrected chi connectivity index (χ3v) is 4.17. The van der Waals surface area contributed by atoms with Gasteiger partial charge in [-0.1, -0.05) is 28.1 Å². The van der Waals surface area contributed by atoms with Crippen LogP contribution in [0.5, 0.6) is 0 Å². The van der Waals surface area contributed by atoms with E-state index in [1.165, 1.54) is 0 Å². The molecule has 1 fully saturated rings. The molecule has 1 aromatic carbocycles. The highest BCUT2D eigenvalue weighted by Gasteiger charge is 2.22. The van der Waals surface area contributed by atoms with Crippen molar-refractivity contribution in [3.63, 3.8) is 0 Å². The lowest BCUT2D eigenvalue weighted by Crippen LogP contribution is -2.40. The first kappa shape index (κ1) is 14.7. The molecule has 1 aliphatic heterocycles. The van der Waals surface area contributed by atoms with Crippen molar-refractivity contribution in [1.29, 1.82) is 0 Å². The lowest BCUT2D eigenvalue weighted by atomic mass is 10.1. The number of likely N-dealkylation sites (N-methyl/N-ethyl adjacent to an activating group) is 1. The largest absolute Gasteiger partial charge is 0.305 e. The van der Waals surface area contributed by atoms with E-state index in [4.69, 9.17) is 0 Å². The van der Waals surface area contributed by atoms with Crippen LogP contribution in [-0.4, -0.2) is 54.9 Å². The molecule has 0 radical (unpaired) electrons. The molecule has 0 saturated carbocycles. The molecule has 1 saturated heterocycles. The van der Waals surface area contributed by atoms with Gasteiger partial charge in [0.1, 0.15) is 0 Å². The first-order valence-corrected chi connectivity index (χ1v) is 7.57. The van der Waals surface area contributed by atoms with Crippen molar-refractivity contribution >= 4 is 21.7 Å². The van der Waals surface area contributed by atoms with Crippen molar-refractivity contribution in [3.8, 4) is 0 Å². The Hall–Kier alpha value is -0.710. The molecule has 0 amide bonds. The molecule has 1 heterocycles. The van der Waals surface area contributed by atoms with E-state index in [2.05, 4.69) is 39.7 Å². The summed E-state index contributed by atoms with van der Waals surface area (Å²) in [5.74, 6) is 0.206. The Labute approximate surface area is 123 Å². The summed E-state index contributed by atoms with van der Waals surface area (Å²) >= 11 is 3.42. The number of ketones is 1. The van der Waals surface area contributed by atoms with E-state index in [0.717, 1.165) is 36.1 Å². The maximum absolute atomic E-state index is 12.3. The van der Waals surface area contributed by atoms with E-state index in [1.807, 2.05) is 24.3 Å². The van der Waals surface area contributed by atoms with E-state index in [9.17, 15) is 4.79 Å². The Kier molecular flexibility index (Phi) is 5.13. The van der Waals surface area contributed by atoms with Gasteiger partial charge in [0.25, 0.3) is 0 Å². The minimum Gasteiger partial charge on any atom is -0.305 e. The summed E-state index contributed by atoms with van der Waals surface area (Å²) in [6.07, 6.45) is 1.13. The predicted octanol–water partition coefficient (Wildman–Crippen LogP) is 2.66. The Morgan fingerprint density at radius 3 is 2.95 bits per heavy atom. The van der Waals surface area contributed by atoms with Gasteiger partial charge >= 0.3 is 0 Å². The molecular formula is C15H21BrN2O.